The van der Waals surface area contributed by atoms with E-state index in [1.165, 1.54) is 18.2 Å². The van der Waals surface area contributed by atoms with Gasteiger partial charge in [-0.15, -0.1) is 0 Å². The topological polar surface area (TPSA) is 62.1 Å². The maximum atomic E-state index is 12.9. The number of amides is 1. The fourth-order valence-electron chi connectivity index (χ4n) is 1.04. The molecule has 0 saturated heterocycles. The van der Waals surface area contributed by atoms with Gasteiger partial charge in [-0.2, -0.15) is 5.26 Å². The molecule has 0 heterocycles. The molecule has 90 valence electrons. The summed E-state index contributed by atoms with van der Waals surface area (Å²) in [6, 6.07) is 5.87. The Morgan fingerprint density at radius 1 is 1.59 bits per heavy atom. The highest BCUT2D eigenvalue weighted by Crippen LogP contribution is 2.25. The summed E-state index contributed by atoms with van der Waals surface area (Å²) in [5, 5.41) is 10.8. The molecule has 0 fully saturated rings. The molecular formula is C11H10BrFN2O2. The van der Waals surface area contributed by atoms with Gasteiger partial charge in [-0.3, -0.25) is 4.79 Å². The molecule has 1 rings (SSSR count). The van der Waals surface area contributed by atoms with Crippen molar-refractivity contribution in [2.75, 3.05) is 13.2 Å². The van der Waals surface area contributed by atoms with Gasteiger partial charge in [-0.25, -0.2) is 4.39 Å². The van der Waals surface area contributed by atoms with Crippen molar-refractivity contribution in [1.82, 2.24) is 5.32 Å². The van der Waals surface area contributed by atoms with Crippen LogP contribution in [0.2, 0.25) is 0 Å². The van der Waals surface area contributed by atoms with Crippen molar-refractivity contribution in [2.45, 2.75) is 6.42 Å². The van der Waals surface area contributed by atoms with E-state index in [2.05, 4.69) is 21.2 Å². The predicted octanol–water partition coefficient (Wildman–Crippen LogP) is 2.00. The standard InChI is InChI=1S/C11H10BrFN2O2/c12-9-3-2-8(13)6-10(9)17-7-11(16)15-5-1-4-14/h2-3,6H,1,5,7H2,(H,15,16). The van der Waals surface area contributed by atoms with Gasteiger partial charge in [-0.05, 0) is 28.1 Å². The van der Waals surface area contributed by atoms with Crippen LogP contribution in [0.3, 0.4) is 0 Å². The number of carbonyl (C=O) groups is 1. The normalized spacial score (nSPS) is 9.47. The highest BCUT2D eigenvalue weighted by atomic mass is 79.9. The average Bonchev–Trinajstić information content (AvgIpc) is 2.31. The van der Waals surface area contributed by atoms with E-state index in [1.54, 1.807) is 0 Å². The fraction of sp³-hybridized carbons (Fsp3) is 0.273. The molecule has 0 aliphatic carbocycles. The van der Waals surface area contributed by atoms with Crippen molar-refractivity contribution in [2.24, 2.45) is 0 Å². The Hall–Kier alpha value is -1.61. The lowest BCUT2D eigenvalue weighted by atomic mass is 10.3. The summed E-state index contributed by atoms with van der Waals surface area (Å²) in [4.78, 5) is 11.2. The molecule has 1 amide bonds. The van der Waals surface area contributed by atoms with Crippen LogP contribution in [-0.4, -0.2) is 19.1 Å². The van der Waals surface area contributed by atoms with Gasteiger partial charge in [0.05, 0.1) is 17.0 Å². The Morgan fingerprint density at radius 2 is 2.35 bits per heavy atom. The molecule has 0 radical (unpaired) electrons. The average molecular weight is 301 g/mol. The van der Waals surface area contributed by atoms with Crippen molar-refractivity contribution >= 4 is 21.8 Å². The fourth-order valence-corrected chi connectivity index (χ4v) is 1.40. The molecule has 17 heavy (non-hydrogen) atoms. The number of nitrogens with zero attached hydrogens (tertiary/aromatic N) is 1. The molecular weight excluding hydrogens is 291 g/mol. The van der Waals surface area contributed by atoms with Crippen molar-refractivity contribution in [3.63, 3.8) is 0 Å². The van der Waals surface area contributed by atoms with Crippen molar-refractivity contribution in [3.05, 3.63) is 28.5 Å². The van der Waals surface area contributed by atoms with E-state index in [4.69, 9.17) is 10.00 Å². The van der Waals surface area contributed by atoms with Crippen LogP contribution in [0.4, 0.5) is 4.39 Å². The Labute approximate surface area is 107 Å². The Bertz CT molecular complexity index is 446. The Morgan fingerprint density at radius 3 is 3.06 bits per heavy atom. The number of halogens is 2. The zero-order valence-corrected chi connectivity index (χ0v) is 10.5. The van der Waals surface area contributed by atoms with Gasteiger partial charge < -0.3 is 10.1 Å². The first-order valence-corrected chi connectivity index (χ1v) is 5.64. The molecule has 0 aromatic heterocycles. The van der Waals surface area contributed by atoms with Crippen LogP contribution >= 0.6 is 15.9 Å². The third-order valence-electron chi connectivity index (χ3n) is 1.81. The molecule has 1 aromatic rings. The molecule has 0 aliphatic rings. The first kappa shape index (κ1) is 13.5. The van der Waals surface area contributed by atoms with Crippen molar-refractivity contribution in [3.8, 4) is 11.8 Å². The number of benzene rings is 1. The highest BCUT2D eigenvalue weighted by molar-refractivity contribution is 9.10. The zero-order chi connectivity index (χ0) is 12.7. The minimum absolute atomic E-state index is 0.215. The largest absolute Gasteiger partial charge is 0.482 e. The van der Waals surface area contributed by atoms with Crippen molar-refractivity contribution in [1.29, 1.82) is 5.26 Å². The lowest BCUT2D eigenvalue weighted by Crippen LogP contribution is -2.29. The van der Waals surface area contributed by atoms with E-state index in [1.807, 2.05) is 6.07 Å². The molecule has 4 nitrogen and oxygen atoms in total. The number of ether oxygens (including phenoxy) is 1. The minimum Gasteiger partial charge on any atom is -0.482 e. The van der Waals surface area contributed by atoms with Gasteiger partial charge in [0.15, 0.2) is 6.61 Å². The number of hydrogen-bond acceptors (Lipinski definition) is 3. The van der Waals surface area contributed by atoms with Crippen LogP contribution in [-0.2, 0) is 4.79 Å². The van der Waals surface area contributed by atoms with E-state index in [0.717, 1.165) is 0 Å². The first-order chi connectivity index (χ1) is 8.13. The van der Waals surface area contributed by atoms with E-state index in [0.29, 0.717) is 4.47 Å². The molecule has 0 unspecified atom stereocenters. The summed E-state index contributed by atoms with van der Waals surface area (Å²) in [6.45, 7) is 0.0660. The smallest absolute Gasteiger partial charge is 0.257 e. The Kier molecular flexibility index (Phi) is 5.43. The van der Waals surface area contributed by atoms with Crippen LogP contribution in [0.15, 0.2) is 22.7 Å². The molecule has 6 heteroatoms. The first-order valence-electron chi connectivity index (χ1n) is 4.85. The second kappa shape index (κ2) is 6.86. The summed E-state index contributed by atoms with van der Waals surface area (Å²) in [5.41, 5.74) is 0. The molecule has 0 saturated carbocycles. The van der Waals surface area contributed by atoms with E-state index in [9.17, 15) is 9.18 Å². The van der Waals surface area contributed by atoms with Crippen LogP contribution in [0, 0.1) is 17.1 Å². The van der Waals surface area contributed by atoms with Crippen LogP contribution in [0.1, 0.15) is 6.42 Å². The molecule has 0 atom stereocenters. The SMILES string of the molecule is N#CCCNC(=O)COc1cc(F)ccc1Br. The van der Waals surface area contributed by atoms with Gasteiger partial charge in [0, 0.05) is 12.6 Å². The third kappa shape index (κ3) is 4.83. The highest BCUT2D eigenvalue weighted by Gasteiger charge is 2.06. The number of carbonyl (C=O) groups excluding carboxylic acids is 1. The lowest BCUT2D eigenvalue weighted by Gasteiger charge is -2.08. The van der Waals surface area contributed by atoms with Gasteiger partial charge in [0.2, 0.25) is 0 Å². The summed E-state index contributed by atoms with van der Waals surface area (Å²) in [5.74, 6) is -0.523. The molecule has 1 N–H and O–H groups in total. The molecule has 0 bridgehead atoms. The maximum absolute atomic E-state index is 12.9. The second-order valence-electron chi connectivity index (χ2n) is 3.12. The van der Waals surface area contributed by atoms with Gasteiger partial charge in [0.25, 0.3) is 5.91 Å². The molecule has 0 spiro atoms. The van der Waals surface area contributed by atoms with E-state index in [-0.39, 0.29) is 31.2 Å². The van der Waals surface area contributed by atoms with Gasteiger partial charge in [-0.1, -0.05) is 0 Å². The summed E-state index contributed by atoms with van der Waals surface area (Å²) < 4.78 is 18.6. The maximum Gasteiger partial charge on any atom is 0.257 e. The van der Waals surface area contributed by atoms with Crippen LogP contribution < -0.4 is 10.1 Å². The summed E-state index contributed by atoms with van der Waals surface area (Å²) in [6.07, 6.45) is 0.245. The zero-order valence-electron chi connectivity index (χ0n) is 8.87. The van der Waals surface area contributed by atoms with E-state index < -0.39 is 5.82 Å². The van der Waals surface area contributed by atoms with Crippen molar-refractivity contribution < 1.29 is 13.9 Å². The summed E-state index contributed by atoms with van der Waals surface area (Å²) >= 11 is 3.18. The predicted molar refractivity (Wildman–Crippen MR) is 62.8 cm³/mol. The molecule has 0 aliphatic heterocycles. The number of nitrogens with one attached hydrogen (secondary N) is 1. The number of hydrogen-bond donors (Lipinski definition) is 1. The van der Waals surface area contributed by atoms with Gasteiger partial charge in [0.1, 0.15) is 11.6 Å². The number of nitriles is 1. The second-order valence-corrected chi connectivity index (χ2v) is 3.98. The van der Waals surface area contributed by atoms with Gasteiger partial charge >= 0.3 is 0 Å². The summed E-state index contributed by atoms with van der Waals surface area (Å²) in [7, 11) is 0. The monoisotopic (exact) mass is 300 g/mol. The molecule has 1 aromatic carbocycles. The number of rotatable bonds is 5. The van der Waals surface area contributed by atoms with E-state index >= 15 is 0 Å². The lowest BCUT2D eigenvalue weighted by molar-refractivity contribution is -0.123. The minimum atomic E-state index is -0.437. The third-order valence-corrected chi connectivity index (χ3v) is 2.47. The Balaban J connectivity index is 2.42. The quantitative estimate of drug-likeness (QED) is 0.846. The van der Waals surface area contributed by atoms with Crippen LogP contribution in [0.25, 0.3) is 0 Å². The van der Waals surface area contributed by atoms with Crippen LogP contribution in [0.5, 0.6) is 5.75 Å².